The van der Waals surface area contributed by atoms with Crippen molar-refractivity contribution in [1.29, 1.82) is 0 Å². The molecule has 0 atom stereocenters. The number of hydrogen-bond acceptors (Lipinski definition) is 3. The molecule has 4 N–H and O–H groups in total. The number of carbonyl (C=O) groups excluding carboxylic acids is 1. The summed E-state index contributed by atoms with van der Waals surface area (Å²) in [5.74, 6) is 0. The third-order valence-corrected chi connectivity index (χ3v) is 2.64. The first-order valence-corrected chi connectivity index (χ1v) is 5.01. The van der Waals surface area contributed by atoms with E-state index in [0.717, 1.165) is 17.4 Å². The summed E-state index contributed by atoms with van der Waals surface area (Å²) in [5.41, 5.74) is 9.58. The number of benzene rings is 1. The molecule has 5 heteroatoms. The SMILES string of the molecule is CCc1ccc2c(NO)cn(C(N)=O)c2c1. The van der Waals surface area contributed by atoms with E-state index in [-0.39, 0.29) is 0 Å². The van der Waals surface area contributed by atoms with E-state index in [0.29, 0.717) is 11.2 Å². The molecule has 0 aliphatic rings. The molecule has 0 aliphatic heterocycles. The fraction of sp³-hybridized carbons (Fsp3) is 0.182. The van der Waals surface area contributed by atoms with Crippen molar-refractivity contribution in [2.24, 2.45) is 5.73 Å². The Morgan fingerprint density at radius 2 is 2.31 bits per heavy atom. The monoisotopic (exact) mass is 219 g/mol. The molecule has 0 fully saturated rings. The molecule has 0 bridgehead atoms. The zero-order valence-corrected chi connectivity index (χ0v) is 8.90. The van der Waals surface area contributed by atoms with Crippen LogP contribution in [-0.2, 0) is 6.42 Å². The quantitative estimate of drug-likeness (QED) is 0.675. The molecule has 16 heavy (non-hydrogen) atoms. The number of hydrogen-bond donors (Lipinski definition) is 3. The molecule has 0 saturated heterocycles. The summed E-state index contributed by atoms with van der Waals surface area (Å²) >= 11 is 0. The fourth-order valence-corrected chi connectivity index (χ4v) is 1.76. The number of aryl methyl sites for hydroxylation is 1. The minimum absolute atomic E-state index is 0.469. The van der Waals surface area contributed by atoms with Gasteiger partial charge in [-0.1, -0.05) is 19.1 Å². The van der Waals surface area contributed by atoms with Crippen LogP contribution < -0.4 is 11.2 Å². The predicted octanol–water partition coefficient (Wildman–Crippen LogP) is 1.93. The summed E-state index contributed by atoms with van der Waals surface area (Å²) in [6.45, 7) is 2.03. The van der Waals surface area contributed by atoms with Gasteiger partial charge in [0.25, 0.3) is 0 Å². The average molecular weight is 219 g/mol. The molecule has 0 unspecified atom stereocenters. The minimum atomic E-state index is -0.570. The molecule has 0 saturated carbocycles. The van der Waals surface area contributed by atoms with Crippen molar-refractivity contribution in [3.05, 3.63) is 30.0 Å². The maximum absolute atomic E-state index is 11.2. The number of aromatic nitrogens is 1. The first kappa shape index (κ1) is 10.5. The zero-order valence-electron chi connectivity index (χ0n) is 8.90. The van der Waals surface area contributed by atoms with E-state index in [2.05, 4.69) is 5.48 Å². The van der Waals surface area contributed by atoms with Crippen molar-refractivity contribution < 1.29 is 10.0 Å². The van der Waals surface area contributed by atoms with Crippen LogP contribution in [0, 0.1) is 0 Å². The lowest BCUT2D eigenvalue weighted by molar-refractivity contribution is 0.251. The molecule has 1 heterocycles. The number of fused-ring (bicyclic) bond motifs is 1. The third kappa shape index (κ3) is 1.51. The van der Waals surface area contributed by atoms with Gasteiger partial charge in [0.2, 0.25) is 0 Å². The standard InChI is InChI=1S/C11H13N3O2/c1-2-7-3-4-8-9(13-16)6-14(11(12)15)10(8)5-7/h3-6,13,16H,2H2,1H3,(H2,12,15). The molecule has 0 radical (unpaired) electrons. The van der Waals surface area contributed by atoms with Gasteiger partial charge in [-0.3, -0.25) is 15.3 Å². The highest BCUT2D eigenvalue weighted by molar-refractivity contribution is 5.99. The number of anilines is 1. The highest BCUT2D eigenvalue weighted by atomic mass is 16.5. The van der Waals surface area contributed by atoms with E-state index in [1.54, 1.807) is 0 Å². The number of carbonyl (C=O) groups is 1. The van der Waals surface area contributed by atoms with Crippen molar-refractivity contribution in [2.75, 3.05) is 5.48 Å². The number of nitrogens with one attached hydrogen (secondary N) is 1. The Hall–Kier alpha value is -2.01. The molecule has 1 amide bonds. The lowest BCUT2D eigenvalue weighted by Crippen LogP contribution is -2.18. The second-order valence-corrected chi connectivity index (χ2v) is 3.57. The van der Waals surface area contributed by atoms with Gasteiger partial charge >= 0.3 is 6.03 Å². The normalized spacial score (nSPS) is 10.6. The van der Waals surface area contributed by atoms with E-state index in [9.17, 15) is 4.79 Å². The molecule has 1 aromatic heterocycles. The summed E-state index contributed by atoms with van der Waals surface area (Å²) < 4.78 is 1.31. The molecular weight excluding hydrogens is 206 g/mol. The number of nitrogens with zero attached hydrogens (tertiary/aromatic N) is 1. The molecule has 5 nitrogen and oxygen atoms in total. The first-order valence-electron chi connectivity index (χ1n) is 5.01. The highest BCUT2D eigenvalue weighted by Crippen LogP contribution is 2.26. The zero-order chi connectivity index (χ0) is 11.7. The van der Waals surface area contributed by atoms with Gasteiger partial charge in [-0.15, -0.1) is 0 Å². The number of rotatable bonds is 2. The topological polar surface area (TPSA) is 80.3 Å². The first-order chi connectivity index (χ1) is 7.67. The largest absolute Gasteiger partial charge is 0.351 e. The second-order valence-electron chi connectivity index (χ2n) is 3.57. The van der Waals surface area contributed by atoms with Crippen molar-refractivity contribution in [1.82, 2.24) is 4.57 Å². The van der Waals surface area contributed by atoms with Gasteiger partial charge in [0.15, 0.2) is 0 Å². The van der Waals surface area contributed by atoms with Crippen LogP contribution in [0.3, 0.4) is 0 Å². The van der Waals surface area contributed by atoms with Gasteiger partial charge in [-0.05, 0) is 18.1 Å². The minimum Gasteiger partial charge on any atom is -0.351 e. The Kier molecular flexibility index (Phi) is 2.54. The number of nitrogens with two attached hydrogens (primary N) is 1. The van der Waals surface area contributed by atoms with Crippen LogP contribution in [0.15, 0.2) is 24.4 Å². The molecule has 0 aliphatic carbocycles. The Morgan fingerprint density at radius 1 is 1.56 bits per heavy atom. The summed E-state index contributed by atoms with van der Waals surface area (Å²) in [6.07, 6.45) is 2.36. The van der Waals surface area contributed by atoms with Crippen LogP contribution in [-0.4, -0.2) is 15.8 Å². The summed E-state index contributed by atoms with van der Waals surface area (Å²) in [5, 5.41) is 9.70. The Balaban J connectivity index is 2.75. The maximum atomic E-state index is 11.2. The van der Waals surface area contributed by atoms with E-state index in [1.807, 2.05) is 25.1 Å². The highest BCUT2D eigenvalue weighted by Gasteiger charge is 2.11. The molecule has 0 spiro atoms. The molecular formula is C11H13N3O2. The molecule has 1 aromatic carbocycles. The second kappa shape index (κ2) is 3.86. The van der Waals surface area contributed by atoms with Crippen LogP contribution in [0.5, 0.6) is 0 Å². The van der Waals surface area contributed by atoms with Crippen LogP contribution in [0.2, 0.25) is 0 Å². The van der Waals surface area contributed by atoms with E-state index in [4.69, 9.17) is 10.9 Å². The third-order valence-electron chi connectivity index (χ3n) is 2.64. The van der Waals surface area contributed by atoms with Crippen LogP contribution in [0.25, 0.3) is 10.9 Å². The number of primary amides is 1. The molecule has 2 rings (SSSR count). The van der Waals surface area contributed by atoms with Gasteiger partial charge in [-0.2, -0.15) is 0 Å². The van der Waals surface area contributed by atoms with Gasteiger partial charge in [0.05, 0.1) is 11.2 Å². The van der Waals surface area contributed by atoms with Crippen LogP contribution in [0.4, 0.5) is 10.5 Å². The molecule has 2 aromatic rings. The van der Waals surface area contributed by atoms with Crippen molar-refractivity contribution in [3.63, 3.8) is 0 Å². The average Bonchev–Trinajstić information content (AvgIpc) is 2.66. The summed E-state index contributed by atoms with van der Waals surface area (Å²) in [6, 6.07) is 5.13. The number of amides is 1. The van der Waals surface area contributed by atoms with Crippen LogP contribution >= 0.6 is 0 Å². The summed E-state index contributed by atoms with van der Waals surface area (Å²) in [4.78, 5) is 11.2. The Labute approximate surface area is 92.4 Å². The Morgan fingerprint density at radius 3 is 2.88 bits per heavy atom. The van der Waals surface area contributed by atoms with Gasteiger partial charge in [0.1, 0.15) is 0 Å². The lowest BCUT2D eigenvalue weighted by atomic mass is 10.1. The van der Waals surface area contributed by atoms with Crippen molar-refractivity contribution >= 4 is 22.6 Å². The van der Waals surface area contributed by atoms with Crippen molar-refractivity contribution in [3.8, 4) is 0 Å². The van der Waals surface area contributed by atoms with E-state index in [1.165, 1.54) is 10.8 Å². The fourth-order valence-electron chi connectivity index (χ4n) is 1.76. The van der Waals surface area contributed by atoms with Gasteiger partial charge < -0.3 is 5.73 Å². The predicted molar refractivity (Wildman–Crippen MR) is 61.7 cm³/mol. The van der Waals surface area contributed by atoms with Crippen molar-refractivity contribution in [2.45, 2.75) is 13.3 Å². The smallest absolute Gasteiger partial charge is 0.323 e. The summed E-state index contributed by atoms with van der Waals surface area (Å²) in [7, 11) is 0. The van der Waals surface area contributed by atoms with E-state index >= 15 is 0 Å². The molecule has 84 valence electrons. The maximum Gasteiger partial charge on any atom is 0.323 e. The Bertz CT molecular complexity index is 545. The van der Waals surface area contributed by atoms with Gasteiger partial charge in [-0.25, -0.2) is 4.79 Å². The van der Waals surface area contributed by atoms with Crippen LogP contribution in [0.1, 0.15) is 12.5 Å². The lowest BCUT2D eigenvalue weighted by Gasteiger charge is -2.01. The van der Waals surface area contributed by atoms with Gasteiger partial charge in [0, 0.05) is 11.6 Å². The van der Waals surface area contributed by atoms with E-state index < -0.39 is 6.03 Å².